The minimum atomic E-state index is 0.0807. The van der Waals surface area contributed by atoms with Gasteiger partial charge in [0, 0.05) is 43.1 Å². The van der Waals surface area contributed by atoms with E-state index in [0.717, 1.165) is 61.7 Å². The summed E-state index contributed by atoms with van der Waals surface area (Å²) in [6.45, 7) is 4.08. The van der Waals surface area contributed by atoms with Gasteiger partial charge in [0.15, 0.2) is 0 Å². The second kappa shape index (κ2) is 10.1. The van der Waals surface area contributed by atoms with Crippen molar-refractivity contribution >= 4 is 17.5 Å². The third kappa shape index (κ3) is 5.75. The zero-order valence-corrected chi connectivity index (χ0v) is 18.7. The topological polar surface area (TPSA) is 41.4 Å². The molecule has 2 heterocycles. The van der Waals surface area contributed by atoms with Crippen LogP contribution in [-0.2, 0) is 6.42 Å². The van der Waals surface area contributed by atoms with E-state index >= 15 is 0 Å². The minimum Gasteiger partial charge on any atom is -0.341 e. The average Bonchev–Trinajstić information content (AvgIpc) is 3.34. The Morgan fingerprint density at radius 1 is 1.10 bits per heavy atom. The number of halogens is 1. The van der Waals surface area contributed by atoms with Crippen LogP contribution >= 0.6 is 11.6 Å². The number of carbonyl (C=O) groups excluding carboxylic acids is 1. The van der Waals surface area contributed by atoms with Crippen LogP contribution in [0.5, 0.6) is 0 Å². The molecule has 1 saturated heterocycles. The van der Waals surface area contributed by atoms with Crippen molar-refractivity contribution in [2.75, 3.05) is 33.2 Å². The number of nitrogens with zero attached hydrogens (tertiary/aromatic N) is 4. The summed E-state index contributed by atoms with van der Waals surface area (Å²) >= 11 is 5.97. The number of carbonyl (C=O) groups is 1. The van der Waals surface area contributed by atoms with Gasteiger partial charge in [-0.05, 0) is 86.3 Å². The molecule has 1 amide bonds. The normalized spacial score (nSPS) is 15.2. The molecule has 4 rings (SSSR count). The summed E-state index contributed by atoms with van der Waals surface area (Å²) in [5, 5.41) is 5.01. The lowest BCUT2D eigenvalue weighted by Crippen LogP contribution is -2.40. The first-order valence-corrected chi connectivity index (χ1v) is 11.3. The van der Waals surface area contributed by atoms with E-state index in [4.69, 9.17) is 11.6 Å². The molecular weight excluding hydrogens is 408 g/mol. The highest BCUT2D eigenvalue weighted by Gasteiger charge is 2.22. The zero-order chi connectivity index (χ0) is 21.6. The molecule has 6 heteroatoms. The van der Waals surface area contributed by atoms with E-state index in [1.54, 1.807) is 10.9 Å². The molecule has 1 aliphatic rings. The molecule has 0 spiro atoms. The van der Waals surface area contributed by atoms with Crippen molar-refractivity contribution in [1.29, 1.82) is 0 Å². The molecule has 1 aliphatic heterocycles. The lowest BCUT2D eigenvalue weighted by atomic mass is 9.95. The molecule has 0 unspecified atom stereocenters. The first-order valence-electron chi connectivity index (χ1n) is 10.9. The molecule has 0 aliphatic carbocycles. The van der Waals surface area contributed by atoms with Gasteiger partial charge in [0.25, 0.3) is 5.91 Å². The molecule has 1 fully saturated rings. The number of amides is 1. The molecule has 0 saturated carbocycles. The molecule has 3 aromatic rings. The number of hydrogen-bond acceptors (Lipinski definition) is 3. The SMILES string of the molecule is CN(CC1CCN(CCc2ccc(Cl)cc2)CC1)C(=O)c1ccc(-n2cccn2)cc1. The predicted octanol–water partition coefficient (Wildman–Crippen LogP) is 4.55. The Bertz CT molecular complexity index is 962. The fraction of sp³-hybridized carbons (Fsp3) is 0.360. The molecule has 5 nitrogen and oxygen atoms in total. The largest absolute Gasteiger partial charge is 0.341 e. The van der Waals surface area contributed by atoms with Gasteiger partial charge in [-0.25, -0.2) is 4.68 Å². The highest BCUT2D eigenvalue weighted by Crippen LogP contribution is 2.20. The Kier molecular flexibility index (Phi) is 7.05. The van der Waals surface area contributed by atoms with Crippen molar-refractivity contribution in [3.63, 3.8) is 0 Å². The third-order valence-electron chi connectivity index (χ3n) is 6.10. The Morgan fingerprint density at radius 2 is 1.81 bits per heavy atom. The first kappa shape index (κ1) is 21.6. The number of piperidine rings is 1. The third-order valence-corrected chi connectivity index (χ3v) is 6.35. The number of aromatic nitrogens is 2. The maximum absolute atomic E-state index is 12.8. The maximum Gasteiger partial charge on any atom is 0.253 e. The molecule has 0 bridgehead atoms. The quantitative estimate of drug-likeness (QED) is 0.545. The fourth-order valence-corrected chi connectivity index (χ4v) is 4.33. The lowest BCUT2D eigenvalue weighted by molar-refractivity contribution is 0.0740. The van der Waals surface area contributed by atoms with E-state index in [2.05, 4.69) is 22.1 Å². The molecule has 0 N–H and O–H groups in total. The van der Waals surface area contributed by atoms with Crippen molar-refractivity contribution < 1.29 is 4.79 Å². The van der Waals surface area contributed by atoms with Gasteiger partial charge in [-0.1, -0.05) is 23.7 Å². The second-order valence-corrected chi connectivity index (χ2v) is 8.78. The van der Waals surface area contributed by atoms with Crippen LogP contribution in [0.3, 0.4) is 0 Å². The van der Waals surface area contributed by atoms with Gasteiger partial charge in [0.05, 0.1) is 5.69 Å². The summed E-state index contributed by atoms with van der Waals surface area (Å²) in [4.78, 5) is 17.2. The molecular formula is C25H29ClN4O. The van der Waals surface area contributed by atoms with Crippen LogP contribution in [0.4, 0.5) is 0 Å². The van der Waals surface area contributed by atoms with Crippen molar-refractivity contribution in [2.45, 2.75) is 19.3 Å². The van der Waals surface area contributed by atoms with Gasteiger partial charge in [0.1, 0.15) is 0 Å². The number of likely N-dealkylation sites (tertiary alicyclic amines) is 1. The fourth-order valence-electron chi connectivity index (χ4n) is 4.20. The Hall–Kier alpha value is -2.63. The Labute approximate surface area is 189 Å². The van der Waals surface area contributed by atoms with E-state index in [9.17, 15) is 4.79 Å². The van der Waals surface area contributed by atoms with E-state index in [1.165, 1.54) is 5.56 Å². The summed E-state index contributed by atoms with van der Waals surface area (Å²) in [6, 6.07) is 17.7. The van der Waals surface area contributed by atoms with Crippen LogP contribution in [0.1, 0.15) is 28.8 Å². The number of rotatable bonds is 7. The highest BCUT2D eigenvalue weighted by atomic mass is 35.5. The van der Waals surface area contributed by atoms with Crippen LogP contribution in [0.15, 0.2) is 67.0 Å². The summed E-state index contributed by atoms with van der Waals surface area (Å²) in [5.74, 6) is 0.640. The van der Waals surface area contributed by atoms with E-state index in [0.29, 0.717) is 5.92 Å². The summed E-state index contributed by atoms with van der Waals surface area (Å²) in [6.07, 6.45) is 6.96. The zero-order valence-electron chi connectivity index (χ0n) is 18.0. The van der Waals surface area contributed by atoms with Crippen molar-refractivity contribution in [1.82, 2.24) is 19.6 Å². The summed E-state index contributed by atoms with van der Waals surface area (Å²) in [5.41, 5.74) is 3.00. The molecule has 31 heavy (non-hydrogen) atoms. The highest BCUT2D eigenvalue weighted by molar-refractivity contribution is 6.30. The van der Waals surface area contributed by atoms with Crippen LogP contribution < -0.4 is 0 Å². The molecule has 2 aromatic carbocycles. The molecule has 0 radical (unpaired) electrons. The lowest BCUT2D eigenvalue weighted by Gasteiger charge is -2.34. The minimum absolute atomic E-state index is 0.0807. The van der Waals surface area contributed by atoms with Crippen molar-refractivity contribution in [3.8, 4) is 5.69 Å². The average molecular weight is 437 g/mol. The first-order chi connectivity index (χ1) is 15.1. The van der Waals surface area contributed by atoms with Gasteiger partial charge < -0.3 is 9.80 Å². The van der Waals surface area contributed by atoms with Gasteiger partial charge in [-0.2, -0.15) is 5.10 Å². The predicted molar refractivity (Wildman–Crippen MR) is 125 cm³/mol. The number of benzene rings is 2. The van der Waals surface area contributed by atoms with Crippen LogP contribution in [0.2, 0.25) is 5.02 Å². The maximum atomic E-state index is 12.8. The molecule has 1 aromatic heterocycles. The second-order valence-electron chi connectivity index (χ2n) is 8.34. The van der Waals surface area contributed by atoms with Crippen molar-refractivity contribution in [3.05, 3.63) is 83.1 Å². The van der Waals surface area contributed by atoms with Crippen LogP contribution in [0, 0.1) is 5.92 Å². The van der Waals surface area contributed by atoms with E-state index in [-0.39, 0.29) is 5.91 Å². The standard InChI is InChI=1S/C25H29ClN4O/c1-28(25(31)22-5-9-24(10-6-22)30-15-2-14-27-30)19-21-12-17-29(18-13-21)16-11-20-3-7-23(26)8-4-20/h2-10,14-15,21H,11-13,16-19H2,1H3. The van der Waals surface area contributed by atoms with Gasteiger partial charge >= 0.3 is 0 Å². The van der Waals surface area contributed by atoms with Crippen LogP contribution in [0.25, 0.3) is 5.69 Å². The molecule has 0 atom stereocenters. The van der Waals surface area contributed by atoms with Gasteiger partial charge in [-0.3, -0.25) is 4.79 Å². The monoisotopic (exact) mass is 436 g/mol. The van der Waals surface area contributed by atoms with E-state index in [1.807, 2.05) is 60.6 Å². The molecule has 162 valence electrons. The van der Waals surface area contributed by atoms with Gasteiger partial charge in [-0.15, -0.1) is 0 Å². The van der Waals surface area contributed by atoms with E-state index < -0.39 is 0 Å². The van der Waals surface area contributed by atoms with Crippen LogP contribution in [-0.4, -0.2) is 58.7 Å². The van der Waals surface area contributed by atoms with Gasteiger partial charge in [0.2, 0.25) is 0 Å². The van der Waals surface area contributed by atoms with Crippen molar-refractivity contribution in [2.24, 2.45) is 5.92 Å². The summed E-state index contributed by atoms with van der Waals surface area (Å²) < 4.78 is 1.79. The summed E-state index contributed by atoms with van der Waals surface area (Å²) in [7, 11) is 1.91. The Balaban J connectivity index is 1.22. The smallest absolute Gasteiger partial charge is 0.253 e. The Morgan fingerprint density at radius 3 is 2.45 bits per heavy atom. The number of hydrogen-bond donors (Lipinski definition) is 0.